The molecule has 0 aliphatic rings. The van der Waals surface area contributed by atoms with Crippen LogP contribution < -0.4 is 10.6 Å². The van der Waals surface area contributed by atoms with Gasteiger partial charge in [-0.15, -0.1) is 11.3 Å². The standard InChI is InChI=1S/C23H35N3OS/c1-4-6-15-26(3)18-21-11-12-22(28-21)23(27)25-14-8-13-24-17-20-10-7-9-19(5-2)16-20/h7,9-12,16,24H,4-6,8,13-15,17-18H2,1-3H3,(H,25,27). The molecule has 0 radical (unpaired) electrons. The predicted molar refractivity (Wildman–Crippen MR) is 120 cm³/mol. The maximum atomic E-state index is 12.3. The number of rotatable bonds is 13. The highest BCUT2D eigenvalue weighted by molar-refractivity contribution is 7.14. The third-order valence-electron chi connectivity index (χ3n) is 4.75. The van der Waals surface area contributed by atoms with Crippen molar-refractivity contribution >= 4 is 17.2 Å². The highest BCUT2D eigenvalue weighted by atomic mass is 32.1. The van der Waals surface area contributed by atoms with Gasteiger partial charge in [-0.05, 0) is 62.7 Å². The monoisotopic (exact) mass is 401 g/mol. The predicted octanol–water partition coefficient (Wildman–Crippen LogP) is 4.45. The van der Waals surface area contributed by atoms with E-state index in [1.165, 1.54) is 28.8 Å². The lowest BCUT2D eigenvalue weighted by Gasteiger charge is -2.14. The Morgan fingerprint density at radius 1 is 1.07 bits per heavy atom. The molecule has 0 aliphatic carbocycles. The van der Waals surface area contributed by atoms with Gasteiger partial charge in [0.15, 0.2) is 0 Å². The summed E-state index contributed by atoms with van der Waals surface area (Å²) in [6, 6.07) is 12.7. The molecular weight excluding hydrogens is 366 g/mol. The minimum atomic E-state index is 0.0445. The third kappa shape index (κ3) is 8.13. The highest BCUT2D eigenvalue weighted by Gasteiger charge is 2.10. The zero-order chi connectivity index (χ0) is 20.2. The molecule has 0 bridgehead atoms. The van der Waals surface area contributed by atoms with Gasteiger partial charge >= 0.3 is 0 Å². The van der Waals surface area contributed by atoms with Gasteiger partial charge in [0.2, 0.25) is 0 Å². The second-order valence-electron chi connectivity index (χ2n) is 7.32. The van der Waals surface area contributed by atoms with Crippen LogP contribution in [0.1, 0.15) is 58.8 Å². The summed E-state index contributed by atoms with van der Waals surface area (Å²) in [5, 5.41) is 6.49. The van der Waals surface area contributed by atoms with E-state index in [1.54, 1.807) is 11.3 Å². The lowest BCUT2D eigenvalue weighted by Crippen LogP contribution is -2.26. The molecule has 1 heterocycles. The van der Waals surface area contributed by atoms with E-state index in [-0.39, 0.29) is 5.91 Å². The van der Waals surface area contributed by atoms with Gasteiger partial charge in [0, 0.05) is 24.5 Å². The highest BCUT2D eigenvalue weighted by Crippen LogP contribution is 2.18. The number of nitrogens with one attached hydrogen (secondary N) is 2. The molecular formula is C23H35N3OS. The summed E-state index contributed by atoms with van der Waals surface area (Å²) in [5.41, 5.74) is 2.69. The van der Waals surface area contributed by atoms with Crippen molar-refractivity contribution in [3.63, 3.8) is 0 Å². The molecule has 0 saturated heterocycles. The van der Waals surface area contributed by atoms with E-state index in [0.29, 0.717) is 6.54 Å². The van der Waals surface area contributed by atoms with Crippen LogP contribution in [0.2, 0.25) is 0 Å². The number of amides is 1. The molecule has 0 saturated carbocycles. The van der Waals surface area contributed by atoms with Crippen molar-refractivity contribution in [3.8, 4) is 0 Å². The summed E-state index contributed by atoms with van der Waals surface area (Å²) in [5.74, 6) is 0.0445. The zero-order valence-corrected chi connectivity index (χ0v) is 18.4. The van der Waals surface area contributed by atoms with Crippen LogP contribution in [0.4, 0.5) is 0 Å². The van der Waals surface area contributed by atoms with E-state index in [2.05, 4.69) is 66.8 Å². The van der Waals surface area contributed by atoms with Crippen molar-refractivity contribution in [2.75, 3.05) is 26.7 Å². The van der Waals surface area contributed by atoms with Crippen molar-refractivity contribution in [3.05, 3.63) is 57.3 Å². The van der Waals surface area contributed by atoms with Crippen LogP contribution in [0.15, 0.2) is 36.4 Å². The van der Waals surface area contributed by atoms with Crippen molar-refractivity contribution in [2.24, 2.45) is 0 Å². The lowest BCUT2D eigenvalue weighted by atomic mass is 10.1. The normalized spacial score (nSPS) is 11.1. The second-order valence-corrected chi connectivity index (χ2v) is 8.49. The molecule has 2 rings (SSSR count). The van der Waals surface area contributed by atoms with Gasteiger partial charge < -0.3 is 15.5 Å². The number of benzene rings is 1. The van der Waals surface area contributed by atoms with Crippen LogP contribution in [0.5, 0.6) is 0 Å². The zero-order valence-electron chi connectivity index (χ0n) is 17.6. The minimum Gasteiger partial charge on any atom is -0.351 e. The molecule has 0 unspecified atom stereocenters. The Morgan fingerprint density at radius 3 is 2.68 bits per heavy atom. The van der Waals surface area contributed by atoms with Gasteiger partial charge in [-0.1, -0.05) is 44.5 Å². The topological polar surface area (TPSA) is 44.4 Å². The fraction of sp³-hybridized carbons (Fsp3) is 0.522. The first kappa shape index (κ1) is 22.6. The Bertz CT molecular complexity index is 713. The number of carbonyl (C=O) groups is 1. The molecule has 1 aromatic carbocycles. The van der Waals surface area contributed by atoms with E-state index < -0.39 is 0 Å². The average molecular weight is 402 g/mol. The number of thiophene rings is 1. The Balaban J connectivity index is 1.62. The Labute approximate surface area is 174 Å². The molecule has 0 fully saturated rings. The van der Waals surface area contributed by atoms with Crippen molar-refractivity contribution < 1.29 is 4.79 Å². The quantitative estimate of drug-likeness (QED) is 0.487. The van der Waals surface area contributed by atoms with Crippen LogP contribution >= 0.6 is 11.3 Å². The lowest BCUT2D eigenvalue weighted by molar-refractivity contribution is 0.0957. The van der Waals surface area contributed by atoms with E-state index in [0.717, 1.165) is 43.9 Å². The van der Waals surface area contributed by atoms with Gasteiger partial charge in [0.1, 0.15) is 0 Å². The summed E-state index contributed by atoms with van der Waals surface area (Å²) < 4.78 is 0. The molecule has 0 spiro atoms. The Kier molecular flexibility index (Phi) is 10.3. The van der Waals surface area contributed by atoms with Gasteiger partial charge in [0.25, 0.3) is 5.91 Å². The van der Waals surface area contributed by atoms with Crippen LogP contribution in [0.3, 0.4) is 0 Å². The number of unbranched alkanes of at least 4 members (excludes halogenated alkanes) is 1. The van der Waals surface area contributed by atoms with Gasteiger partial charge in [-0.25, -0.2) is 0 Å². The molecule has 2 N–H and O–H groups in total. The van der Waals surface area contributed by atoms with Crippen LogP contribution in [-0.2, 0) is 19.5 Å². The first-order valence-electron chi connectivity index (χ1n) is 10.5. The maximum absolute atomic E-state index is 12.3. The molecule has 1 amide bonds. The summed E-state index contributed by atoms with van der Waals surface area (Å²) in [4.78, 5) is 16.7. The Morgan fingerprint density at radius 2 is 1.89 bits per heavy atom. The first-order valence-corrected chi connectivity index (χ1v) is 11.3. The van der Waals surface area contributed by atoms with E-state index in [9.17, 15) is 4.79 Å². The maximum Gasteiger partial charge on any atom is 0.261 e. The van der Waals surface area contributed by atoms with Crippen molar-refractivity contribution in [1.82, 2.24) is 15.5 Å². The second kappa shape index (κ2) is 12.7. The van der Waals surface area contributed by atoms with Gasteiger partial charge in [-0.2, -0.15) is 0 Å². The summed E-state index contributed by atoms with van der Waals surface area (Å²) in [7, 11) is 2.14. The smallest absolute Gasteiger partial charge is 0.261 e. The molecule has 4 nitrogen and oxygen atoms in total. The van der Waals surface area contributed by atoms with Crippen molar-refractivity contribution in [1.29, 1.82) is 0 Å². The van der Waals surface area contributed by atoms with E-state index in [1.807, 2.05) is 6.07 Å². The first-order chi connectivity index (χ1) is 13.6. The molecule has 28 heavy (non-hydrogen) atoms. The molecule has 2 aromatic rings. The molecule has 0 atom stereocenters. The molecule has 5 heteroatoms. The third-order valence-corrected chi connectivity index (χ3v) is 5.82. The molecule has 1 aromatic heterocycles. The summed E-state index contributed by atoms with van der Waals surface area (Å²) in [6.45, 7) is 8.88. The number of aryl methyl sites for hydroxylation is 1. The number of nitrogens with zero attached hydrogens (tertiary/aromatic N) is 1. The van der Waals surface area contributed by atoms with E-state index in [4.69, 9.17) is 0 Å². The van der Waals surface area contributed by atoms with Crippen LogP contribution in [-0.4, -0.2) is 37.5 Å². The number of carbonyl (C=O) groups excluding carboxylic acids is 1. The van der Waals surface area contributed by atoms with Gasteiger partial charge in [0.05, 0.1) is 4.88 Å². The fourth-order valence-corrected chi connectivity index (χ4v) is 4.06. The number of hydrogen-bond acceptors (Lipinski definition) is 4. The summed E-state index contributed by atoms with van der Waals surface area (Å²) in [6.07, 6.45) is 4.42. The number of hydrogen-bond donors (Lipinski definition) is 2. The van der Waals surface area contributed by atoms with Crippen LogP contribution in [0.25, 0.3) is 0 Å². The van der Waals surface area contributed by atoms with Crippen LogP contribution in [0, 0.1) is 0 Å². The summed E-state index contributed by atoms with van der Waals surface area (Å²) >= 11 is 1.60. The SMILES string of the molecule is CCCCN(C)Cc1ccc(C(=O)NCCCNCc2cccc(CC)c2)s1. The largest absolute Gasteiger partial charge is 0.351 e. The van der Waals surface area contributed by atoms with E-state index >= 15 is 0 Å². The van der Waals surface area contributed by atoms with Gasteiger partial charge in [-0.3, -0.25) is 4.79 Å². The fourth-order valence-electron chi connectivity index (χ4n) is 3.05. The van der Waals surface area contributed by atoms with Crippen molar-refractivity contribution in [2.45, 2.75) is 52.6 Å². The minimum absolute atomic E-state index is 0.0445. The average Bonchev–Trinajstić information content (AvgIpc) is 3.17. The Hall–Kier alpha value is -1.69. The molecule has 0 aliphatic heterocycles. The molecule has 154 valence electrons.